The van der Waals surface area contributed by atoms with E-state index in [4.69, 9.17) is 4.43 Å². The van der Waals surface area contributed by atoms with E-state index in [9.17, 15) is 5.11 Å². The first-order valence-electron chi connectivity index (χ1n) is 6.77. The molecule has 1 N–H and O–H groups in total. The van der Waals surface area contributed by atoms with Crippen molar-refractivity contribution < 1.29 is 9.53 Å². The highest BCUT2D eigenvalue weighted by atomic mass is 32.2. The molecule has 0 saturated carbocycles. The highest BCUT2D eigenvalue weighted by Gasteiger charge is 2.37. The first kappa shape index (κ1) is 16.9. The summed E-state index contributed by atoms with van der Waals surface area (Å²) in [6.45, 7) is 11.7. The van der Waals surface area contributed by atoms with Crippen LogP contribution < -0.4 is 0 Å². The smallest absolute Gasteiger partial charge is 0.192 e. The van der Waals surface area contributed by atoms with Gasteiger partial charge < -0.3 is 9.53 Å². The zero-order valence-electron chi connectivity index (χ0n) is 12.4. The Labute approximate surface area is 122 Å². The third-order valence-corrected chi connectivity index (χ3v) is 11.3. The standard InChI is InChI=1S/C13H28O2S2Si/c1-13(2,3)18(4,5)15-10-11(14)9-12-16-7-6-8-17-12/h11-12,14H,6-10H2,1-5H3. The molecule has 0 aromatic carbocycles. The van der Waals surface area contributed by atoms with Crippen LogP contribution in [0.5, 0.6) is 0 Å². The van der Waals surface area contributed by atoms with Gasteiger partial charge in [-0.2, -0.15) is 0 Å². The quantitative estimate of drug-likeness (QED) is 0.779. The van der Waals surface area contributed by atoms with Crippen LogP contribution >= 0.6 is 23.5 Å². The van der Waals surface area contributed by atoms with E-state index in [1.54, 1.807) is 0 Å². The normalized spacial score (nSPS) is 21.0. The average molecular weight is 309 g/mol. The minimum atomic E-state index is -1.71. The van der Waals surface area contributed by atoms with E-state index < -0.39 is 8.32 Å². The molecule has 1 fully saturated rings. The fraction of sp³-hybridized carbons (Fsp3) is 1.00. The number of hydrogen-bond donors (Lipinski definition) is 1. The molecular weight excluding hydrogens is 280 g/mol. The Bertz CT molecular complexity index is 248. The molecule has 1 aliphatic heterocycles. The molecule has 1 heterocycles. The van der Waals surface area contributed by atoms with E-state index in [0.717, 1.165) is 6.42 Å². The summed E-state index contributed by atoms with van der Waals surface area (Å²) in [6, 6.07) is 0. The van der Waals surface area contributed by atoms with Crippen LogP contribution in [0.2, 0.25) is 18.1 Å². The third kappa shape index (κ3) is 5.45. The molecule has 0 amide bonds. The monoisotopic (exact) mass is 308 g/mol. The Balaban J connectivity index is 2.30. The van der Waals surface area contributed by atoms with Crippen LogP contribution in [0.4, 0.5) is 0 Å². The van der Waals surface area contributed by atoms with Gasteiger partial charge in [0.1, 0.15) is 0 Å². The van der Waals surface area contributed by atoms with Crippen LogP contribution in [-0.4, -0.2) is 42.2 Å². The van der Waals surface area contributed by atoms with Crippen LogP contribution in [0.15, 0.2) is 0 Å². The minimum Gasteiger partial charge on any atom is -0.414 e. The maximum atomic E-state index is 10.1. The van der Waals surface area contributed by atoms with E-state index in [0.29, 0.717) is 11.2 Å². The summed E-state index contributed by atoms with van der Waals surface area (Å²) in [7, 11) is -1.71. The lowest BCUT2D eigenvalue weighted by molar-refractivity contribution is 0.0964. The second-order valence-electron chi connectivity index (χ2n) is 6.49. The lowest BCUT2D eigenvalue weighted by atomic mass is 10.2. The van der Waals surface area contributed by atoms with Gasteiger partial charge >= 0.3 is 0 Å². The van der Waals surface area contributed by atoms with Gasteiger partial charge in [-0.1, -0.05) is 20.8 Å². The summed E-state index contributed by atoms with van der Waals surface area (Å²) in [5, 5.41) is 10.3. The van der Waals surface area contributed by atoms with E-state index in [2.05, 4.69) is 33.9 Å². The number of hydrogen-bond acceptors (Lipinski definition) is 4. The molecule has 0 bridgehead atoms. The zero-order chi connectivity index (χ0) is 13.8. The second kappa shape index (κ2) is 7.02. The Morgan fingerprint density at radius 3 is 2.33 bits per heavy atom. The topological polar surface area (TPSA) is 29.5 Å². The van der Waals surface area contributed by atoms with Crippen LogP contribution in [0.1, 0.15) is 33.6 Å². The predicted octanol–water partition coefficient (Wildman–Crippen LogP) is 3.96. The van der Waals surface area contributed by atoms with Gasteiger partial charge in [0, 0.05) is 0 Å². The van der Waals surface area contributed by atoms with Crippen LogP contribution in [-0.2, 0) is 4.43 Å². The Morgan fingerprint density at radius 2 is 1.83 bits per heavy atom. The SMILES string of the molecule is CC(C)(C)[Si](C)(C)OCC(O)CC1SCCCS1. The third-order valence-electron chi connectivity index (χ3n) is 3.80. The van der Waals surface area contributed by atoms with Gasteiger partial charge in [-0.15, -0.1) is 23.5 Å². The Hall–Kier alpha value is 0.837. The number of aliphatic hydroxyl groups excluding tert-OH is 1. The number of aliphatic hydroxyl groups is 1. The maximum Gasteiger partial charge on any atom is 0.192 e. The van der Waals surface area contributed by atoms with Crippen molar-refractivity contribution in [2.45, 2.75) is 62.4 Å². The first-order chi connectivity index (χ1) is 8.22. The maximum absolute atomic E-state index is 10.1. The summed E-state index contributed by atoms with van der Waals surface area (Å²) in [4.78, 5) is 0. The van der Waals surface area contributed by atoms with Gasteiger partial charge in [0.15, 0.2) is 8.32 Å². The molecule has 0 aromatic rings. The molecule has 18 heavy (non-hydrogen) atoms. The fourth-order valence-corrected chi connectivity index (χ4v) is 5.54. The fourth-order valence-electron chi connectivity index (χ4n) is 1.48. The first-order valence-corrected chi connectivity index (χ1v) is 11.8. The van der Waals surface area contributed by atoms with Crippen molar-refractivity contribution in [2.24, 2.45) is 0 Å². The average Bonchev–Trinajstić information content (AvgIpc) is 2.26. The number of rotatable bonds is 5. The van der Waals surface area contributed by atoms with Gasteiger partial charge in [-0.05, 0) is 42.5 Å². The summed E-state index contributed by atoms with van der Waals surface area (Å²) in [5.41, 5.74) is 0. The molecular formula is C13H28O2S2Si. The zero-order valence-corrected chi connectivity index (χ0v) is 15.0. The van der Waals surface area contributed by atoms with Crippen LogP contribution in [0, 0.1) is 0 Å². The lowest BCUT2D eigenvalue weighted by Crippen LogP contribution is -2.42. The largest absolute Gasteiger partial charge is 0.414 e. The second-order valence-corrected chi connectivity index (χ2v) is 14.2. The van der Waals surface area contributed by atoms with Crippen molar-refractivity contribution in [3.05, 3.63) is 0 Å². The Kier molecular flexibility index (Phi) is 6.59. The van der Waals surface area contributed by atoms with E-state index in [1.165, 1.54) is 17.9 Å². The molecule has 1 saturated heterocycles. The van der Waals surface area contributed by atoms with Crippen molar-refractivity contribution in [1.82, 2.24) is 0 Å². The van der Waals surface area contributed by atoms with Gasteiger partial charge in [0.2, 0.25) is 0 Å². The molecule has 0 aromatic heterocycles. The molecule has 1 rings (SSSR count). The highest BCUT2D eigenvalue weighted by Crippen LogP contribution is 2.37. The summed E-state index contributed by atoms with van der Waals surface area (Å²) in [6.07, 6.45) is 1.87. The van der Waals surface area contributed by atoms with Crippen molar-refractivity contribution in [2.75, 3.05) is 18.1 Å². The van der Waals surface area contributed by atoms with Crippen molar-refractivity contribution in [3.8, 4) is 0 Å². The van der Waals surface area contributed by atoms with Crippen LogP contribution in [0.3, 0.4) is 0 Å². The van der Waals surface area contributed by atoms with Crippen molar-refractivity contribution >= 4 is 31.8 Å². The number of thioether (sulfide) groups is 2. The molecule has 108 valence electrons. The molecule has 1 atom stereocenters. The van der Waals surface area contributed by atoms with E-state index >= 15 is 0 Å². The molecule has 1 aliphatic rings. The summed E-state index contributed by atoms with van der Waals surface area (Å²) >= 11 is 3.98. The molecule has 2 nitrogen and oxygen atoms in total. The minimum absolute atomic E-state index is 0.223. The van der Waals surface area contributed by atoms with Crippen molar-refractivity contribution in [1.29, 1.82) is 0 Å². The predicted molar refractivity (Wildman–Crippen MR) is 87.1 cm³/mol. The molecule has 0 spiro atoms. The summed E-state index contributed by atoms with van der Waals surface area (Å²) in [5.74, 6) is 2.49. The van der Waals surface area contributed by atoms with Gasteiger partial charge in [0.05, 0.1) is 17.3 Å². The van der Waals surface area contributed by atoms with E-state index in [1.807, 2.05) is 23.5 Å². The molecule has 0 radical (unpaired) electrons. The summed E-state index contributed by atoms with van der Waals surface area (Å²) < 4.78 is 6.63. The highest BCUT2D eigenvalue weighted by molar-refractivity contribution is 8.17. The van der Waals surface area contributed by atoms with Gasteiger partial charge in [-0.25, -0.2) is 0 Å². The van der Waals surface area contributed by atoms with Crippen molar-refractivity contribution in [3.63, 3.8) is 0 Å². The van der Waals surface area contributed by atoms with Gasteiger partial charge in [0.25, 0.3) is 0 Å². The lowest BCUT2D eigenvalue weighted by Gasteiger charge is -2.37. The van der Waals surface area contributed by atoms with E-state index in [-0.39, 0.29) is 11.1 Å². The Morgan fingerprint density at radius 1 is 1.28 bits per heavy atom. The van der Waals surface area contributed by atoms with Gasteiger partial charge in [-0.3, -0.25) is 0 Å². The molecule has 5 heteroatoms. The van der Waals surface area contributed by atoms with Crippen LogP contribution in [0.25, 0.3) is 0 Å². The molecule has 1 unspecified atom stereocenters. The molecule has 0 aliphatic carbocycles.